The number of nitrogens with zero attached hydrogens (tertiary/aromatic N) is 2. The maximum atomic E-state index is 13.8. The second-order valence-corrected chi connectivity index (χ2v) is 10.0. The summed E-state index contributed by atoms with van der Waals surface area (Å²) in [6.07, 6.45) is 0.995. The van der Waals surface area contributed by atoms with Gasteiger partial charge in [-0.25, -0.2) is 14.6 Å². The molecule has 198 valence electrons. The Morgan fingerprint density at radius 1 is 1.30 bits per heavy atom. The van der Waals surface area contributed by atoms with Gasteiger partial charge in [-0.2, -0.15) is 0 Å². The van der Waals surface area contributed by atoms with Crippen LogP contribution in [0.1, 0.15) is 51.4 Å². The van der Waals surface area contributed by atoms with E-state index in [2.05, 4.69) is 22.2 Å². The minimum Gasteiger partial charge on any atom is -0.464 e. The highest BCUT2D eigenvalue weighted by molar-refractivity contribution is 6.30. The molecule has 1 aliphatic rings. The van der Waals surface area contributed by atoms with Gasteiger partial charge in [0.2, 0.25) is 11.7 Å². The lowest BCUT2D eigenvalue weighted by Gasteiger charge is -2.26. The van der Waals surface area contributed by atoms with E-state index in [-0.39, 0.29) is 23.4 Å². The molecule has 37 heavy (non-hydrogen) atoms. The molecular formula is C26H31ClN4O6. The van der Waals surface area contributed by atoms with Crippen molar-refractivity contribution in [3.05, 3.63) is 69.8 Å². The topological polar surface area (TPSA) is 129 Å². The fourth-order valence-corrected chi connectivity index (χ4v) is 4.16. The summed E-state index contributed by atoms with van der Waals surface area (Å²) in [5.41, 5.74) is -2.25. The number of ether oxygens (including phenoxy) is 2. The van der Waals surface area contributed by atoms with E-state index in [1.807, 2.05) is 0 Å². The van der Waals surface area contributed by atoms with Crippen molar-refractivity contribution in [1.82, 2.24) is 14.9 Å². The molecule has 1 aromatic carbocycles. The Morgan fingerprint density at radius 2 is 1.95 bits per heavy atom. The van der Waals surface area contributed by atoms with Crippen LogP contribution in [-0.2, 0) is 19.1 Å². The molecule has 0 bridgehead atoms. The number of nitrogens with one attached hydrogen (secondary N) is 2. The van der Waals surface area contributed by atoms with Gasteiger partial charge in [-0.15, -0.1) is 6.58 Å². The molecule has 3 rings (SSSR count). The minimum absolute atomic E-state index is 0.102. The van der Waals surface area contributed by atoms with Crippen LogP contribution in [0.2, 0.25) is 5.15 Å². The van der Waals surface area contributed by atoms with Crippen LogP contribution in [0.25, 0.3) is 0 Å². The summed E-state index contributed by atoms with van der Waals surface area (Å²) in [5.74, 6) is -1.95. The zero-order valence-corrected chi connectivity index (χ0v) is 22.2. The van der Waals surface area contributed by atoms with Crippen LogP contribution >= 0.6 is 11.6 Å². The molecule has 10 nitrogen and oxygen atoms in total. The number of hydrogen-bond acceptors (Lipinski definition) is 7. The summed E-state index contributed by atoms with van der Waals surface area (Å²) < 4.78 is 11.6. The minimum atomic E-state index is -1.28. The molecule has 1 fully saturated rings. The molecule has 0 saturated heterocycles. The lowest BCUT2D eigenvalue weighted by Crippen LogP contribution is -2.50. The van der Waals surface area contributed by atoms with Crippen molar-refractivity contribution in [2.75, 3.05) is 11.9 Å². The van der Waals surface area contributed by atoms with E-state index in [0.717, 1.165) is 4.57 Å². The number of carbonyl (C=O) groups is 3. The van der Waals surface area contributed by atoms with Gasteiger partial charge in [-0.3, -0.25) is 19.5 Å². The molecule has 11 heteroatoms. The number of anilines is 1. The molecule has 1 aliphatic carbocycles. The Bertz CT molecular complexity index is 1270. The maximum Gasteiger partial charge on any atom is 0.413 e. The Labute approximate surface area is 220 Å². The lowest BCUT2D eigenvalue weighted by molar-refractivity contribution is -0.149. The van der Waals surface area contributed by atoms with Gasteiger partial charge in [0, 0.05) is 5.92 Å². The van der Waals surface area contributed by atoms with E-state index >= 15 is 0 Å². The third-order valence-electron chi connectivity index (χ3n) is 5.82. The van der Waals surface area contributed by atoms with Gasteiger partial charge >= 0.3 is 12.1 Å². The van der Waals surface area contributed by atoms with Crippen LogP contribution in [0, 0.1) is 12.8 Å². The summed E-state index contributed by atoms with van der Waals surface area (Å²) in [6, 6.07) is 7.27. The van der Waals surface area contributed by atoms with Crippen molar-refractivity contribution < 1.29 is 23.9 Å². The Hall–Kier alpha value is -3.66. The number of aromatic nitrogens is 2. The fraction of sp³-hybridized carbons (Fsp3) is 0.423. The van der Waals surface area contributed by atoms with E-state index in [1.165, 1.54) is 6.92 Å². The number of halogens is 1. The Morgan fingerprint density at radius 3 is 2.49 bits per heavy atom. The molecule has 1 saturated carbocycles. The number of amides is 2. The van der Waals surface area contributed by atoms with Crippen molar-refractivity contribution in [1.29, 1.82) is 0 Å². The van der Waals surface area contributed by atoms with E-state index in [9.17, 15) is 19.2 Å². The van der Waals surface area contributed by atoms with Crippen LogP contribution in [0.4, 0.5) is 10.6 Å². The molecule has 0 aliphatic heterocycles. The Kier molecular flexibility index (Phi) is 8.12. The van der Waals surface area contributed by atoms with Crippen LogP contribution in [0.5, 0.6) is 0 Å². The van der Waals surface area contributed by atoms with Crippen LogP contribution in [0.3, 0.4) is 0 Å². The largest absolute Gasteiger partial charge is 0.464 e. The number of hydrogen-bond donors (Lipinski definition) is 2. The van der Waals surface area contributed by atoms with Gasteiger partial charge in [-0.05, 0) is 46.6 Å². The molecule has 1 unspecified atom stereocenters. The number of esters is 1. The zero-order chi connectivity index (χ0) is 27.5. The SMILES string of the molecule is C=C[C@@H]1C[C@]1(NC(=O)C(c1ccccc1)n1c(C)c(Cl)nc(NC(=O)OC(C)(C)C)c1=O)C(=O)OCC. The monoisotopic (exact) mass is 530 g/mol. The van der Waals surface area contributed by atoms with E-state index < -0.39 is 46.5 Å². The molecule has 3 atom stereocenters. The quantitative estimate of drug-likeness (QED) is 0.392. The first-order valence-corrected chi connectivity index (χ1v) is 12.2. The first-order chi connectivity index (χ1) is 17.3. The first-order valence-electron chi connectivity index (χ1n) is 11.8. The standard InChI is InChI=1S/C26H31ClN4O6/c1-7-17-14-26(17,23(34)36-8-2)30-21(32)18(16-12-10-9-11-13-16)31-15(3)19(27)28-20(22(31)33)29-24(35)37-25(4,5)6/h7,9-13,17-18H,1,8,14H2,2-6H3,(H,30,32)(H,28,29,35)/t17-,18?,26-/m1/s1. The summed E-state index contributed by atoms with van der Waals surface area (Å²) in [4.78, 5) is 56.5. The van der Waals surface area contributed by atoms with Crippen molar-refractivity contribution in [3.63, 3.8) is 0 Å². The summed E-state index contributed by atoms with van der Waals surface area (Å²) >= 11 is 6.34. The molecule has 1 aromatic heterocycles. The summed E-state index contributed by atoms with van der Waals surface area (Å²) in [6.45, 7) is 12.1. The third-order valence-corrected chi connectivity index (χ3v) is 6.18. The van der Waals surface area contributed by atoms with Gasteiger partial charge in [0.05, 0.1) is 12.3 Å². The van der Waals surface area contributed by atoms with Gasteiger partial charge < -0.3 is 14.8 Å². The van der Waals surface area contributed by atoms with E-state index in [4.69, 9.17) is 21.1 Å². The van der Waals surface area contributed by atoms with Crippen molar-refractivity contribution in [2.45, 2.75) is 58.2 Å². The lowest BCUT2D eigenvalue weighted by atomic mass is 10.0. The molecule has 0 spiro atoms. The first kappa shape index (κ1) is 27.9. The fourth-order valence-electron chi connectivity index (χ4n) is 3.99. The van der Waals surface area contributed by atoms with Gasteiger partial charge in [0.1, 0.15) is 17.2 Å². The summed E-state index contributed by atoms with van der Waals surface area (Å²) in [7, 11) is 0. The summed E-state index contributed by atoms with van der Waals surface area (Å²) in [5, 5.41) is 5.02. The van der Waals surface area contributed by atoms with Crippen LogP contribution in [0.15, 0.2) is 47.8 Å². The normalized spacial score (nSPS) is 19.4. The highest BCUT2D eigenvalue weighted by atomic mass is 35.5. The molecule has 2 aromatic rings. The highest BCUT2D eigenvalue weighted by Crippen LogP contribution is 2.46. The number of carbonyl (C=O) groups excluding carboxylic acids is 3. The van der Waals surface area contributed by atoms with Crippen molar-refractivity contribution in [3.8, 4) is 0 Å². The van der Waals surface area contributed by atoms with Crippen LogP contribution in [-0.4, -0.2) is 45.3 Å². The number of benzene rings is 1. The average Bonchev–Trinajstić information content (AvgIpc) is 3.53. The van der Waals surface area contributed by atoms with Gasteiger partial charge in [0.25, 0.3) is 5.56 Å². The molecule has 0 radical (unpaired) electrons. The predicted octanol–water partition coefficient (Wildman–Crippen LogP) is 3.77. The molecule has 1 heterocycles. The molecule has 2 N–H and O–H groups in total. The van der Waals surface area contributed by atoms with E-state index in [0.29, 0.717) is 12.0 Å². The highest BCUT2D eigenvalue weighted by Gasteiger charge is 2.61. The zero-order valence-electron chi connectivity index (χ0n) is 21.5. The third kappa shape index (κ3) is 6.02. The van der Waals surface area contributed by atoms with E-state index in [1.54, 1.807) is 64.1 Å². The average molecular weight is 531 g/mol. The molecule has 2 amide bonds. The van der Waals surface area contributed by atoms with Crippen molar-refractivity contribution >= 4 is 35.4 Å². The smallest absolute Gasteiger partial charge is 0.413 e. The van der Waals surface area contributed by atoms with Gasteiger partial charge in [-0.1, -0.05) is 48.0 Å². The Balaban J connectivity index is 2.10. The second-order valence-electron chi connectivity index (χ2n) is 9.68. The van der Waals surface area contributed by atoms with Gasteiger partial charge in [0.15, 0.2) is 5.15 Å². The number of rotatable bonds is 8. The molecular weight excluding hydrogens is 500 g/mol. The van der Waals surface area contributed by atoms with Crippen molar-refractivity contribution in [2.24, 2.45) is 5.92 Å². The van der Waals surface area contributed by atoms with Crippen LogP contribution < -0.4 is 16.2 Å². The predicted molar refractivity (Wildman–Crippen MR) is 138 cm³/mol. The maximum absolute atomic E-state index is 13.8. The second kappa shape index (κ2) is 10.8.